The number of hydrogen-bond donors (Lipinski definition) is 0. The van der Waals surface area contributed by atoms with Crippen molar-refractivity contribution in [2.45, 2.75) is 0 Å². The summed E-state index contributed by atoms with van der Waals surface area (Å²) in [5.41, 5.74) is 0.767. The third-order valence-corrected chi connectivity index (χ3v) is 2.41. The normalized spacial score (nSPS) is 13.8. The summed E-state index contributed by atoms with van der Waals surface area (Å²) in [6.07, 6.45) is 0. The van der Waals surface area contributed by atoms with Crippen molar-refractivity contribution in [1.29, 1.82) is 5.26 Å². The first kappa shape index (κ1) is 10.2. The van der Waals surface area contributed by atoms with Crippen molar-refractivity contribution in [1.82, 2.24) is 0 Å². The van der Waals surface area contributed by atoms with Gasteiger partial charge in [0.15, 0.2) is 6.61 Å². The molecule has 0 aromatic heterocycles. The Balaban J connectivity index is 2.49. The molecule has 1 aromatic rings. The van der Waals surface area contributed by atoms with E-state index >= 15 is 0 Å². The number of benzene rings is 1. The molecule has 0 spiro atoms. The number of ketones is 1. The molecule has 1 aliphatic rings. The van der Waals surface area contributed by atoms with Gasteiger partial charge in [-0.15, -0.1) is 0 Å². The minimum absolute atomic E-state index is 0.00492. The summed E-state index contributed by atoms with van der Waals surface area (Å²) in [7, 11) is 1.60. The number of carbonyl (C=O) groups is 2. The van der Waals surface area contributed by atoms with Gasteiger partial charge in [-0.25, -0.2) is 0 Å². The van der Waals surface area contributed by atoms with E-state index in [1.807, 2.05) is 0 Å². The molecule has 1 aliphatic heterocycles. The number of likely N-dealkylation sites (N-methyl/N-ethyl adjacent to an activating group) is 1. The van der Waals surface area contributed by atoms with Crippen molar-refractivity contribution in [3.63, 3.8) is 0 Å². The van der Waals surface area contributed by atoms with E-state index in [1.54, 1.807) is 13.1 Å². The van der Waals surface area contributed by atoms with Gasteiger partial charge in [0.1, 0.15) is 11.8 Å². The summed E-state index contributed by atoms with van der Waals surface area (Å²) in [5.74, 6) is -0.278. The summed E-state index contributed by atoms with van der Waals surface area (Å²) in [4.78, 5) is 24.0. The molecule has 0 unspecified atom stereocenters. The van der Waals surface area contributed by atoms with Crippen LogP contribution >= 0.6 is 0 Å². The maximum absolute atomic E-state index is 11.4. The topological polar surface area (TPSA) is 70.4 Å². The first-order valence-electron chi connectivity index (χ1n) is 4.61. The van der Waals surface area contributed by atoms with Gasteiger partial charge in [-0.05, 0) is 18.2 Å². The molecule has 5 heteroatoms. The number of anilines is 1. The molecule has 1 heterocycles. The molecule has 0 saturated heterocycles. The van der Waals surface area contributed by atoms with Gasteiger partial charge in [-0.2, -0.15) is 5.26 Å². The molecule has 2 rings (SSSR count). The summed E-state index contributed by atoms with van der Waals surface area (Å²) in [6.45, 7) is -0.00492. The van der Waals surface area contributed by atoms with Gasteiger partial charge in [0.05, 0.1) is 5.69 Å². The van der Waals surface area contributed by atoms with Crippen molar-refractivity contribution < 1.29 is 14.3 Å². The molecule has 0 fully saturated rings. The number of Topliss-reactive ketones (excluding diaryl/α,β-unsaturated/α-hetero) is 1. The quantitative estimate of drug-likeness (QED) is 0.513. The largest absolute Gasteiger partial charge is 0.482 e. The fourth-order valence-corrected chi connectivity index (χ4v) is 1.48. The number of amides is 1. The Morgan fingerprint density at radius 2 is 2.31 bits per heavy atom. The second-order valence-corrected chi connectivity index (χ2v) is 3.36. The van der Waals surface area contributed by atoms with E-state index in [0.29, 0.717) is 11.4 Å². The number of nitriles is 1. The zero-order valence-corrected chi connectivity index (χ0v) is 8.56. The van der Waals surface area contributed by atoms with Gasteiger partial charge in [0, 0.05) is 12.6 Å². The fraction of sp³-hybridized carbons (Fsp3) is 0.182. The van der Waals surface area contributed by atoms with Gasteiger partial charge >= 0.3 is 0 Å². The van der Waals surface area contributed by atoms with E-state index in [1.165, 1.54) is 23.1 Å². The monoisotopic (exact) mass is 216 g/mol. The number of ether oxygens (including phenoxy) is 1. The summed E-state index contributed by atoms with van der Waals surface area (Å²) in [6, 6.07) is 6.11. The molecule has 0 aliphatic carbocycles. The van der Waals surface area contributed by atoms with E-state index in [-0.39, 0.29) is 18.1 Å². The van der Waals surface area contributed by atoms with Crippen LogP contribution in [0.5, 0.6) is 5.75 Å². The first-order valence-corrected chi connectivity index (χ1v) is 4.61. The number of nitrogens with zero attached hydrogens (tertiary/aromatic N) is 2. The van der Waals surface area contributed by atoms with Crippen LogP contribution in [0.25, 0.3) is 0 Å². The molecule has 0 radical (unpaired) electrons. The van der Waals surface area contributed by atoms with E-state index in [4.69, 9.17) is 10.00 Å². The molecule has 16 heavy (non-hydrogen) atoms. The lowest BCUT2D eigenvalue weighted by atomic mass is 10.1. The van der Waals surface area contributed by atoms with Crippen LogP contribution in [0.4, 0.5) is 5.69 Å². The van der Waals surface area contributed by atoms with Crippen LogP contribution in [0.2, 0.25) is 0 Å². The highest BCUT2D eigenvalue weighted by atomic mass is 16.5. The van der Waals surface area contributed by atoms with Gasteiger partial charge in [0.2, 0.25) is 0 Å². The smallest absolute Gasteiger partial charge is 0.264 e. The Hall–Kier alpha value is -2.35. The highest BCUT2D eigenvalue weighted by molar-refractivity contribution is 6.09. The molecule has 0 saturated carbocycles. The highest BCUT2D eigenvalue weighted by Gasteiger charge is 2.23. The summed E-state index contributed by atoms with van der Waals surface area (Å²) < 4.78 is 5.19. The second-order valence-electron chi connectivity index (χ2n) is 3.36. The number of rotatable bonds is 1. The fourth-order valence-electron chi connectivity index (χ4n) is 1.48. The average Bonchev–Trinajstić information content (AvgIpc) is 2.32. The maximum Gasteiger partial charge on any atom is 0.264 e. The predicted octanol–water partition coefficient (Wildman–Crippen LogP) is 0.748. The van der Waals surface area contributed by atoms with Crippen LogP contribution in [0.15, 0.2) is 18.2 Å². The zero-order valence-electron chi connectivity index (χ0n) is 8.56. The van der Waals surface area contributed by atoms with Crippen LogP contribution in [-0.4, -0.2) is 25.3 Å². The predicted molar refractivity (Wildman–Crippen MR) is 55.3 cm³/mol. The van der Waals surface area contributed by atoms with Crippen LogP contribution in [-0.2, 0) is 4.79 Å². The Morgan fingerprint density at radius 1 is 1.56 bits per heavy atom. The van der Waals surface area contributed by atoms with E-state index in [9.17, 15) is 9.59 Å². The Bertz CT molecular complexity index is 516. The SMILES string of the molecule is CN1C(=O)COc2ccc(C(=O)C#N)cc21. The number of hydrogen-bond acceptors (Lipinski definition) is 4. The van der Waals surface area contributed by atoms with Crippen LogP contribution in [0, 0.1) is 11.3 Å². The Labute approximate surface area is 91.8 Å². The van der Waals surface area contributed by atoms with Gasteiger partial charge in [-0.1, -0.05) is 0 Å². The lowest BCUT2D eigenvalue weighted by molar-refractivity contribution is -0.120. The molecular weight excluding hydrogens is 208 g/mol. The first-order chi connectivity index (χ1) is 7.63. The molecule has 1 amide bonds. The standard InChI is InChI=1S/C11H8N2O3/c1-13-8-4-7(9(14)5-12)2-3-10(8)16-6-11(13)15/h2-4H,6H2,1H3. The maximum atomic E-state index is 11.4. The average molecular weight is 216 g/mol. The Kier molecular flexibility index (Phi) is 2.33. The van der Waals surface area contributed by atoms with E-state index in [2.05, 4.69) is 0 Å². The second kappa shape index (κ2) is 3.66. The Morgan fingerprint density at radius 3 is 3.00 bits per heavy atom. The minimum Gasteiger partial charge on any atom is -0.482 e. The van der Waals surface area contributed by atoms with E-state index in [0.717, 1.165) is 0 Å². The van der Waals surface area contributed by atoms with Crippen molar-refractivity contribution >= 4 is 17.4 Å². The van der Waals surface area contributed by atoms with Crippen LogP contribution < -0.4 is 9.64 Å². The summed E-state index contributed by atoms with van der Waals surface area (Å²) in [5, 5.41) is 8.50. The summed E-state index contributed by atoms with van der Waals surface area (Å²) >= 11 is 0. The van der Waals surface area contributed by atoms with Crippen LogP contribution in [0.3, 0.4) is 0 Å². The highest BCUT2D eigenvalue weighted by Crippen LogP contribution is 2.31. The molecule has 0 atom stereocenters. The third-order valence-electron chi connectivity index (χ3n) is 2.41. The minimum atomic E-state index is -0.630. The van der Waals surface area contributed by atoms with E-state index < -0.39 is 5.78 Å². The molecule has 5 nitrogen and oxygen atoms in total. The van der Waals surface area contributed by atoms with Crippen LogP contribution in [0.1, 0.15) is 10.4 Å². The number of carbonyl (C=O) groups excluding carboxylic acids is 2. The number of fused-ring (bicyclic) bond motifs is 1. The molecule has 0 N–H and O–H groups in total. The molecule has 1 aromatic carbocycles. The lowest BCUT2D eigenvalue weighted by Crippen LogP contribution is -2.35. The lowest BCUT2D eigenvalue weighted by Gasteiger charge is -2.25. The van der Waals surface area contributed by atoms with Gasteiger partial charge in [0.25, 0.3) is 11.7 Å². The third kappa shape index (κ3) is 1.50. The van der Waals surface area contributed by atoms with Crippen molar-refractivity contribution in [3.8, 4) is 11.8 Å². The van der Waals surface area contributed by atoms with Crippen molar-refractivity contribution in [2.75, 3.05) is 18.6 Å². The molecule has 80 valence electrons. The van der Waals surface area contributed by atoms with Crippen molar-refractivity contribution in [3.05, 3.63) is 23.8 Å². The van der Waals surface area contributed by atoms with Gasteiger partial charge < -0.3 is 9.64 Å². The molecule has 0 bridgehead atoms. The van der Waals surface area contributed by atoms with Gasteiger partial charge in [-0.3, -0.25) is 9.59 Å². The molecular formula is C11H8N2O3. The van der Waals surface area contributed by atoms with Crippen molar-refractivity contribution in [2.24, 2.45) is 0 Å². The zero-order chi connectivity index (χ0) is 11.7.